The molecule has 150 valence electrons. The van der Waals surface area contributed by atoms with Crippen LogP contribution in [0.5, 0.6) is 11.5 Å². The smallest absolute Gasteiger partial charge is 0.293 e. The minimum atomic E-state index is -0.491. The third kappa shape index (κ3) is 4.71. The summed E-state index contributed by atoms with van der Waals surface area (Å²) < 4.78 is 11.6. The lowest BCUT2D eigenvalue weighted by Gasteiger charge is -2.12. The number of amides is 2. The van der Waals surface area contributed by atoms with Crippen molar-refractivity contribution in [1.82, 2.24) is 4.90 Å². The van der Waals surface area contributed by atoms with Crippen LogP contribution >= 0.6 is 27.7 Å². The molecule has 0 aromatic heterocycles. The molecule has 1 aliphatic heterocycles. The van der Waals surface area contributed by atoms with Crippen molar-refractivity contribution in [3.63, 3.8) is 0 Å². The third-order valence-corrected chi connectivity index (χ3v) is 5.60. The molecule has 0 aliphatic carbocycles. The number of imide groups is 1. The van der Waals surface area contributed by atoms with Crippen LogP contribution in [0, 0.1) is 0 Å². The van der Waals surface area contributed by atoms with Crippen LogP contribution in [0.4, 0.5) is 4.79 Å². The molecule has 0 unspecified atom stereocenters. The molecule has 1 fully saturated rings. The molecule has 2 aromatic carbocycles. The summed E-state index contributed by atoms with van der Waals surface area (Å²) in [6.07, 6.45) is 1.60. The molecule has 0 spiro atoms. The normalized spacial score (nSPS) is 15.1. The summed E-state index contributed by atoms with van der Waals surface area (Å²) in [5.41, 5.74) is 1.12. The Bertz CT molecular complexity index is 990. The number of halogens is 1. The van der Waals surface area contributed by atoms with Crippen LogP contribution in [0.2, 0.25) is 0 Å². The van der Waals surface area contributed by atoms with E-state index in [1.54, 1.807) is 48.5 Å². The number of thioether (sulfide) groups is 1. The minimum absolute atomic E-state index is 0.246. The summed E-state index contributed by atoms with van der Waals surface area (Å²) in [6.45, 7) is 2.02. The van der Waals surface area contributed by atoms with E-state index in [4.69, 9.17) is 9.47 Å². The Morgan fingerprint density at radius 3 is 2.59 bits per heavy atom. The maximum atomic E-state index is 12.7. The van der Waals surface area contributed by atoms with Gasteiger partial charge in [-0.05, 0) is 58.4 Å². The molecule has 29 heavy (non-hydrogen) atoms. The number of Topliss-reactive ketones (excluding diaryl/α,β-unsaturated/α-hetero) is 1. The number of methoxy groups -OCH3 is 1. The summed E-state index contributed by atoms with van der Waals surface area (Å²) in [7, 11) is 1.54. The highest BCUT2D eigenvalue weighted by molar-refractivity contribution is 9.10. The molecule has 6 nitrogen and oxygen atoms in total. The Labute approximate surface area is 181 Å². The highest BCUT2D eigenvalue weighted by Crippen LogP contribution is 2.39. The molecule has 2 amide bonds. The van der Waals surface area contributed by atoms with E-state index in [1.807, 2.05) is 6.92 Å². The van der Waals surface area contributed by atoms with Crippen LogP contribution in [0.15, 0.2) is 51.8 Å². The number of ether oxygens (including phenoxy) is 2. The molecule has 0 N–H and O–H groups in total. The number of ketones is 1. The molecule has 0 bridgehead atoms. The maximum Gasteiger partial charge on any atom is 0.293 e. The monoisotopic (exact) mass is 475 g/mol. The van der Waals surface area contributed by atoms with E-state index in [1.165, 1.54) is 7.11 Å². The van der Waals surface area contributed by atoms with Crippen LogP contribution in [-0.4, -0.2) is 42.1 Å². The van der Waals surface area contributed by atoms with Crippen molar-refractivity contribution in [1.29, 1.82) is 0 Å². The lowest BCUT2D eigenvalue weighted by atomic mass is 10.1. The number of benzene rings is 2. The van der Waals surface area contributed by atoms with Crippen LogP contribution in [0.3, 0.4) is 0 Å². The minimum Gasteiger partial charge on any atom is -0.492 e. The third-order valence-electron chi connectivity index (χ3n) is 4.10. The van der Waals surface area contributed by atoms with Gasteiger partial charge in [0.05, 0.1) is 29.6 Å². The maximum absolute atomic E-state index is 12.7. The van der Waals surface area contributed by atoms with Gasteiger partial charge in [0.25, 0.3) is 11.1 Å². The van der Waals surface area contributed by atoms with Crippen LogP contribution in [-0.2, 0) is 4.79 Å². The van der Waals surface area contributed by atoms with Gasteiger partial charge in [-0.15, -0.1) is 0 Å². The summed E-state index contributed by atoms with van der Waals surface area (Å²) in [5, 5.41) is -0.469. The topological polar surface area (TPSA) is 72.9 Å². The quantitative estimate of drug-likeness (QED) is 0.423. The van der Waals surface area contributed by atoms with Gasteiger partial charge in [-0.2, -0.15) is 0 Å². The van der Waals surface area contributed by atoms with Gasteiger partial charge in [-0.3, -0.25) is 19.3 Å². The fraction of sp³-hybridized carbons (Fsp3) is 0.190. The molecule has 8 heteroatoms. The Hall–Kier alpha value is -2.58. The molecule has 3 rings (SSSR count). The Morgan fingerprint density at radius 1 is 1.21 bits per heavy atom. The molecular weight excluding hydrogens is 458 g/mol. The van der Waals surface area contributed by atoms with E-state index in [-0.39, 0.29) is 17.2 Å². The van der Waals surface area contributed by atoms with Crippen molar-refractivity contribution in [2.45, 2.75) is 6.92 Å². The summed E-state index contributed by atoms with van der Waals surface area (Å²) in [5.74, 6) is 0.286. The van der Waals surface area contributed by atoms with Crippen LogP contribution < -0.4 is 9.47 Å². The van der Waals surface area contributed by atoms with Crippen molar-refractivity contribution in [3.05, 3.63) is 63.0 Å². The van der Waals surface area contributed by atoms with Gasteiger partial charge in [0.2, 0.25) is 0 Å². The summed E-state index contributed by atoms with van der Waals surface area (Å²) in [6, 6.07) is 12.1. The first-order chi connectivity index (χ1) is 13.9. The van der Waals surface area contributed by atoms with Crippen LogP contribution in [0.1, 0.15) is 22.8 Å². The molecule has 1 aliphatic rings. The average Bonchev–Trinajstić information content (AvgIpc) is 2.96. The van der Waals surface area contributed by atoms with Gasteiger partial charge in [0.15, 0.2) is 17.3 Å². The van der Waals surface area contributed by atoms with Gasteiger partial charge in [-0.25, -0.2) is 0 Å². The lowest BCUT2D eigenvalue weighted by molar-refractivity contribution is -0.122. The number of carbonyl (C=O) groups excluding carboxylic acids is 3. The first-order valence-corrected chi connectivity index (χ1v) is 10.4. The number of hydrogen-bond acceptors (Lipinski definition) is 6. The van der Waals surface area contributed by atoms with Crippen molar-refractivity contribution >= 4 is 50.7 Å². The first-order valence-electron chi connectivity index (χ1n) is 8.78. The zero-order valence-corrected chi connectivity index (χ0v) is 18.2. The Kier molecular flexibility index (Phi) is 6.76. The average molecular weight is 476 g/mol. The van der Waals surface area contributed by atoms with Gasteiger partial charge in [-0.1, -0.05) is 30.3 Å². The SMILES string of the molecule is CCOc1cc(/C=C2\SC(=O)N(CC(=O)c3ccccc3)C2=O)cc(Br)c1OC. The van der Waals surface area contributed by atoms with E-state index in [2.05, 4.69) is 15.9 Å². The summed E-state index contributed by atoms with van der Waals surface area (Å²) in [4.78, 5) is 38.6. The van der Waals surface area contributed by atoms with E-state index < -0.39 is 11.1 Å². The van der Waals surface area contributed by atoms with Gasteiger partial charge in [0.1, 0.15) is 0 Å². The van der Waals surface area contributed by atoms with E-state index >= 15 is 0 Å². The molecule has 0 radical (unpaired) electrons. The second-order valence-electron chi connectivity index (χ2n) is 6.02. The van der Waals surface area contributed by atoms with Crippen molar-refractivity contribution < 1.29 is 23.9 Å². The van der Waals surface area contributed by atoms with Gasteiger partial charge >= 0.3 is 0 Å². The van der Waals surface area contributed by atoms with Gasteiger partial charge in [0, 0.05) is 5.56 Å². The predicted molar refractivity (Wildman–Crippen MR) is 115 cm³/mol. The van der Waals surface area contributed by atoms with Gasteiger partial charge < -0.3 is 9.47 Å². The number of hydrogen-bond donors (Lipinski definition) is 0. The standard InChI is InChI=1S/C21H18BrNO5S/c1-3-28-17-10-13(9-15(22)19(17)27-2)11-18-20(25)23(21(26)29-18)12-16(24)14-7-5-4-6-8-14/h4-11H,3,12H2,1-2H3/b18-11-. The zero-order valence-electron chi connectivity index (χ0n) is 15.8. The predicted octanol–water partition coefficient (Wildman–Crippen LogP) is 4.78. The second-order valence-corrected chi connectivity index (χ2v) is 7.87. The molecule has 1 saturated heterocycles. The summed E-state index contributed by atoms with van der Waals surface area (Å²) >= 11 is 4.23. The molecule has 0 atom stereocenters. The van der Waals surface area contributed by atoms with Crippen molar-refractivity contribution in [3.8, 4) is 11.5 Å². The highest BCUT2D eigenvalue weighted by atomic mass is 79.9. The first kappa shape index (κ1) is 21.1. The molecule has 0 saturated carbocycles. The Morgan fingerprint density at radius 2 is 1.93 bits per heavy atom. The number of rotatable bonds is 7. The second kappa shape index (κ2) is 9.28. The highest BCUT2D eigenvalue weighted by Gasteiger charge is 2.36. The number of nitrogens with zero attached hydrogens (tertiary/aromatic N) is 1. The van der Waals surface area contributed by atoms with E-state index in [0.717, 1.165) is 16.7 Å². The fourth-order valence-corrected chi connectivity index (χ4v) is 4.24. The van der Waals surface area contributed by atoms with Crippen molar-refractivity contribution in [2.75, 3.05) is 20.3 Å². The number of carbonyl (C=O) groups is 3. The van der Waals surface area contributed by atoms with Crippen LogP contribution in [0.25, 0.3) is 6.08 Å². The van der Waals surface area contributed by atoms with E-state index in [9.17, 15) is 14.4 Å². The Balaban J connectivity index is 1.84. The molecular formula is C21H18BrNO5S. The van der Waals surface area contributed by atoms with E-state index in [0.29, 0.717) is 33.7 Å². The van der Waals surface area contributed by atoms with Crippen molar-refractivity contribution in [2.24, 2.45) is 0 Å². The molecule has 2 aromatic rings. The fourth-order valence-electron chi connectivity index (χ4n) is 2.78. The molecule has 1 heterocycles. The zero-order chi connectivity index (χ0) is 21.0. The largest absolute Gasteiger partial charge is 0.492 e. The lowest BCUT2D eigenvalue weighted by Crippen LogP contribution is -2.33.